The summed E-state index contributed by atoms with van der Waals surface area (Å²) in [6, 6.07) is 12.2. The number of nitrogens with zero attached hydrogens (tertiary/aromatic N) is 2. The molecule has 1 saturated heterocycles. The standard InChI is InChI=1S/C32H44N2O5/c1-6-10-11-21-39-25-14-12-24(13-15-25)29-28(31(36)32(37)34(29)19-18-33(8-3)9-4)30(35)27-17-16-26(22-23(27)5)38-20-7-2/h12-17,22,29,35H,6-11,18-21H2,1-5H3/b30-28+. The minimum Gasteiger partial charge on any atom is -0.507 e. The van der Waals surface area contributed by atoms with Gasteiger partial charge in [-0.25, -0.2) is 0 Å². The fraction of sp³-hybridized carbons (Fsp3) is 0.500. The molecule has 2 aromatic rings. The molecule has 1 fully saturated rings. The van der Waals surface area contributed by atoms with Gasteiger partial charge in [-0.15, -0.1) is 0 Å². The maximum absolute atomic E-state index is 13.4. The highest BCUT2D eigenvalue weighted by atomic mass is 16.5. The van der Waals surface area contributed by atoms with Gasteiger partial charge in [-0.2, -0.15) is 0 Å². The van der Waals surface area contributed by atoms with Crippen molar-refractivity contribution >= 4 is 17.4 Å². The Balaban J connectivity index is 2.00. The van der Waals surface area contributed by atoms with Crippen LogP contribution < -0.4 is 9.47 Å². The molecule has 2 aromatic carbocycles. The molecule has 1 atom stereocenters. The second kappa shape index (κ2) is 14.7. The molecule has 3 rings (SSSR count). The number of likely N-dealkylation sites (tertiary alicyclic amines) is 1. The van der Waals surface area contributed by atoms with Crippen LogP contribution in [0.1, 0.15) is 76.1 Å². The van der Waals surface area contributed by atoms with Gasteiger partial charge in [-0.1, -0.05) is 52.7 Å². The molecular formula is C32H44N2O5. The zero-order valence-electron chi connectivity index (χ0n) is 24.2. The first-order chi connectivity index (χ1) is 18.9. The Kier molecular flexibility index (Phi) is 11.4. The van der Waals surface area contributed by atoms with E-state index in [4.69, 9.17) is 9.47 Å². The van der Waals surface area contributed by atoms with Crippen LogP contribution in [0.2, 0.25) is 0 Å². The van der Waals surface area contributed by atoms with Crippen molar-refractivity contribution < 1.29 is 24.2 Å². The molecule has 0 aliphatic carbocycles. The highest BCUT2D eigenvalue weighted by Gasteiger charge is 2.46. The van der Waals surface area contributed by atoms with Crippen molar-refractivity contribution in [3.05, 3.63) is 64.7 Å². The van der Waals surface area contributed by atoms with E-state index in [0.717, 1.165) is 55.6 Å². The van der Waals surface area contributed by atoms with Crippen LogP contribution in [0.3, 0.4) is 0 Å². The van der Waals surface area contributed by atoms with Crippen LogP contribution in [-0.2, 0) is 9.59 Å². The number of unbranched alkanes of at least 4 members (excludes halogenated alkanes) is 2. The average Bonchev–Trinajstić information content (AvgIpc) is 3.20. The molecule has 0 radical (unpaired) electrons. The lowest BCUT2D eigenvalue weighted by Crippen LogP contribution is -2.38. The monoisotopic (exact) mass is 536 g/mol. The van der Waals surface area contributed by atoms with Crippen LogP contribution in [0.25, 0.3) is 5.76 Å². The van der Waals surface area contributed by atoms with Crippen molar-refractivity contribution in [1.29, 1.82) is 0 Å². The van der Waals surface area contributed by atoms with Crippen molar-refractivity contribution in [3.8, 4) is 11.5 Å². The third kappa shape index (κ3) is 7.41. The maximum atomic E-state index is 13.4. The highest BCUT2D eigenvalue weighted by Crippen LogP contribution is 2.40. The van der Waals surface area contributed by atoms with E-state index < -0.39 is 17.7 Å². The molecule has 1 amide bonds. The summed E-state index contributed by atoms with van der Waals surface area (Å²) in [5.41, 5.74) is 2.16. The molecule has 212 valence electrons. The lowest BCUT2D eigenvalue weighted by Gasteiger charge is -2.28. The predicted molar refractivity (Wildman–Crippen MR) is 155 cm³/mol. The number of hydrogen-bond acceptors (Lipinski definition) is 6. The smallest absolute Gasteiger partial charge is 0.295 e. The summed E-state index contributed by atoms with van der Waals surface area (Å²) >= 11 is 0. The number of aryl methyl sites for hydroxylation is 1. The molecule has 39 heavy (non-hydrogen) atoms. The van der Waals surface area contributed by atoms with E-state index in [1.165, 1.54) is 0 Å². The maximum Gasteiger partial charge on any atom is 0.295 e. The molecule has 7 heteroatoms. The van der Waals surface area contributed by atoms with E-state index in [0.29, 0.717) is 37.6 Å². The topological polar surface area (TPSA) is 79.3 Å². The molecule has 0 aromatic heterocycles. The van der Waals surface area contributed by atoms with E-state index in [1.54, 1.807) is 17.0 Å². The molecule has 0 bridgehead atoms. The number of hydrogen-bond donors (Lipinski definition) is 1. The Morgan fingerprint density at radius 2 is 1.56 bits per heavy atom. The molecule has 1 heterocycles. The number of likely N-dealkylation sites (N-methyl/N-ethyl adjacent to an activating group) is 1. The van der Waals surface area contributed by atoms with Crippen LogP contribution in [0.5, 0.6) is 11.5 Å². The number of rotatable bonds is 15. The normalized spacial score (nSPS) is 16.8. The second-order valence-corrected chi connectivity index (χ2v) is 9.97. The molecule has 7 nitrogen and oxygen atoms in total. The third-order valence-corrected chi connectivity index (χ3v) is 7.23. The molecule has 1 aliphatic rings. The number of ketones is 1. The van der Waals surface area contributed by atoms with Gasteiger partial charge in [-0.05, 0) is 74.3 Å². The van der Waals surface area contributed by atoms with Crippen LogP contribution in [0.4, 0.5) is 0 Å². The van der Waals surface area contributed by atoms with Crippen molar-refractivity contribution in [2.24, 2.45) is 0 Å². The SMILES string of the molecule is CCCCCOc1ccc(C2/C(=C(\O)c3ccc(OCCC)cc3C)C(=O)C(=O)N2CCN(CC)CC)cc1. The number of carbonyl (C=O) groups is 2. The third-order valence-electron chi connectivity index (χ3n) is 7.23. The Labute approximate surface area is 233 Å². The molecule has 1 aliphatic heterocycles. The van der Waals surface area contributed by atoms with Crippen LogP contribution in [-0.4, -0.2) is 66.0 Å². The molecule has 0 saturated carbocycles. The zero-order valence-corrected chi connectivity index (χ0v) is 24.2. The van der Waals surface area contributed by atoms with E-state index in [9.17, 15) is 14.7 Å². The van der Waals surface area contributed by atoms with E-state index in [1.807, 2.05) is 44.2 Å². The Morgan fingerprint density at radius 3 is 2.18 bits per heavy atom. The van der Waals surface area contributed by atoms with Gasteiger partial charge in [0.2, 0.25) is 0 Å². The molecular weight excluding hydrogens is 492 g/mol. The minimum absolute atomic E-state index is 0.112. The van der Waals surface area contributed by atoms with Gasteiger partial charge in [-0.3, -0.25) is 9.59 Å². The first kappa shape index (κ1) is 30.2. The number of ether oxygens (including phenoxy) is 2. The summed E-state index contributed by atoms with van der Waals surface area (Å²) in [5.74, 6) is 0.0324. The summed E-state index contributed by atoms with van der Waals surface area (Å²) in [7, 11) is 0. The number of amides is 1. The van der Waals surface area contributed by atoms with Crippen LogP contribution in [0.15, 0.2) is 48.0 Å². The predicted octanol–water partition coefficient (Wildman–Crippen LogP) is 6.12. The first-order valence-electron chi connectivity index (χ1n) is 14.3. The van der Waals surface area contributed by atoms with Gasteiger partial charge in [0.15, 0.2) is 0 Å². The van der Waals surface area contributed by atoms with Gasteiger partial charge in [0, 0.05) is 18.7 Å². The second-order valence-electron chi connectivity index (χ2n) is 9.97. The van der Waals surface area contributed by atoms with Gasteiger partial charge in [0.05, 0.1) is 24.8 Å². The van der Waals surface area contributed by atoms with Crippen LogP contribution in [0, 0.1) is 6.92 Å². The zero-order chi connectivity index (χ0) is 28.4. The summed E-state index contributed by atoms with van der Waals surface area (Å²) in [4.78, 5) is 30.5. The number of aliphatic hydroxyl groups is 1. The first-order valence-corrected chi connectivity index (χ1v) is 14.3. The molecule has 1 unspecified atom stereocenters. The van der Waals surface area contributed by atoms with Crippen molar-refractivity contribution in [1.82, 2.24) is 9.80 Å². The van der Waals surface area contributed by atoms with Gasteiger partial charge in [0.1, 0.15) is 17.3 Å². The lowest BCUT2D eigenvalue weighted by atomic mass is 9.94. The largest absolute Gasteiger partial charge is 0.507 e. The van der Waals surface area contributed by atoms with E-state index in [2.05, 4.69) is 25.7 Å². The summed E-state index contributed by atoms with van der Waals surface area (Å²) in [5, 5.41) is 11.5. The number of aliphatic hydroxyl groups excluding tert-OH is 1. The highest BCUT2D eigenvalue weighted by molar-refractivity contribution is 6.46. The Morgan fingerprint density at radius 1 is 0.897 bits per heavy atom. The van der Waals surface area contributed by atoms with Gasteiger partial charge in [0.25, 0.3) is 11.7 Å². The number of Topliss-reactive ketones (excluding diaryl/α,β-unsaturated/α-hetero) is 1. The van der Waals surface area contributed by atoms with Gasteiger partial charge < -0.3 is 24.4 Å². The van der Waals surface area contributed by atoms with Crippen molar-refractivity contribution in [2.45, 2.75) is 66.3 Å². The average molecular weight is 537 g/mol. The van der Waals surface area contributed by atoms with E-state index in [-0.39, 0.29) is 11.3 Å². The van der Waals surface area contributed by atoms with Crippen LogP contribution >= 0.6 is 0 Å². The van der Waals surface area contributed by atoms with Gasteiger partial charge >= 0.3 is 0 Å². The quantitative estimate of drug-likeness (QED) is 0.128. The summed E-state index contributed by atoms with van der Waals surface area (Å²) in [6.07, 6.45) is 4.12. The fourth-order valence-electron chi connectivity index (χ4n) is 4.89. The summed E-state index contributed by atoms with van der Waals surface area (Å²) < 4.78 is 11.6. The Bertz CT molecular complexity index is 1140. The number of benzene rings is 2. The Hall–Kier alpha value is -3.32. The lowest BCUT2D eigenvalue weighted by molar-refractivity contribution is -0.140. The number of carbonyl (C=O) groups excluding carboxylic acids is 2. The fourth-order valence-corrected chi connectivity index (χ4v) is 4.89. The van der Waals surface area contributed by atoms with Crippen molar-refractivity contribution in [2.75, 3.05) is 39.4 Å². The molecule has 1 N–H and O–H groups in total. The van der Waals surface area contributed by atoms with E-state index >= 15 is 0 Å². The molecule has 0 spiro atoms. The summed E-state index contributed by atoms with van der Waals surface area (Å²) in [6.45, 7) is 14.2. The minimum atomic E-state index is -0.690. The van der Waals surface area contributed by atoms with Crippen molar-refractivity contribution in [3.63, 3.8) is 0 Å².